The maximum absolute atomic E-state index is 14.3. The largest absolute Gasteiger partial charge is 0.329 e. The number of nitrogens with one attached hydrogen (secondary N) is 1. The van der Waals surface area contributed by atoms with Crippen molar-refractivity contribution in [2.24, 2.45) is 0 Å². The first-order valence-corrected chi connectivity index (χ1v) is 8.69. The van der Waals surface area contributed by atoms with Crippen LogP contribution >= 0.6 is 0 Å². The van der Waals surface area contributed by atoms with Crippen molar-refractivity contribution in [3.63, 3.8) is 0 Å². The Kier molecular flexibility index (Phi) is 4.34. The zero-order chi connectivity index (χ0) is 19.1. The standard InChI is InChI=1S/C21H16F3NO2/c22-13-6-4-11(5-7-13)12-8-17-20(18(26)9-12)15(10-19(27)25-17)14-2-1-3-16(23)21(14)24/h1-7,12,15H,8-10H2,(H,25,27). The Bertz CT molecular complexity index is 966. The van der Waals surface area contributed by atoms with Gasteiger partial charge >= 0.3 is 0 Å². The van der Waals surface area contributed by atoms with Gasteiger partial charge in [0.25, 0.3) is 0 Å². The second kappa shape index (κ2) is 6.68. The molecule has 0 spiro atoms. The zero-order valence-electron chi connectivity index (χ0n) is 14.3. The first-order valence-electron chi connectivity index (χ1n) is 8.69. The van der Waals surface area contributed by atoms with E-state index in [2.05, 4.69) is 5.32 Å². The van der Waals surface area contributed by atoms with Crippen LogP contribution in [-0.4, -0.2) is 11.7 Å². The minimum absolute atomic E-state index is 0.0194. The molecule has 0 aromatic heterocycles. The van der Waals surface area contributed by atoms with Crippen LogP contribution in [0.3, 0.4) is 0 Å². The Morgan fingerprint density at radius 3 is 2.37 bits per heavy atom. The molecular formula is C21H16F3NO2. The van der Waals surface area contributed by atoms with Gasteiger partial charge in [-0.05, 0) is 41.7 Å². The van der Waals surface area contributed by atoms with Gasteiger partial charge in [-0.1, -0.05) is 24.3 Å². The van der Waals surface area contributed by atoms with Crippen LogP contribution in [0, 0.1) is 17.5 Å². The summed E-state index contributed by atoms with van der Waals surface area (Å²) in [7, 11) is 0. The molecule has 2 aliphatic rings. The summed E-state index contributed by atoms with van der Waals surface area (Å²) >= 11 is 0. The van der Waals surface area contributed by atoms with Gasteiger partial charge in [-0.25, -0.2) is 13.2 Å². The van der Waals surface area contributed by atoms with Crippen LogP contribution in [0.2, 0.25) is 0 Å². The number of Topliss-reactive ketones (excluding diaryl/α,β-unsaturated/α-hetero) is 1. The molecule has 138 valence electrons. The van der Waals surface area contributed by atoms with E-state index in [0.29, 0.717) is 17.7 Å². The van der Waals surface area contributed by atoms with E-state index in [1.54, 1.807) is 12.1 Å². The summed E-state index contributed by atoms with van der Waals surface area (Å²) in [4.78, 5) is 25.0. The maximum atomic E-state index is 14.3. The Morgan fingerprint density at radius 2 is 1.63 bits per heavy atom. The van der Waals surface area contributed by atoms with Crippen LogP contribution in [0.4, 0.5) is 13.2 Å². The summed E-state index contributed by atoms with van der Waals surface area (Å²) in [5.41, 5.74) is 1.61. The Balaban J connectivity index is 1.74. The molecule has 27 heavy (non-hydrogen) atoms. The van der Waals surface area contributed by atoms with Gasteiger partial charge in [0.05, 0.1) is 0 Å². The fraction of sp³-hybridized carbons (Fsp3) is 0.238. The lowest BCUT2D eigenvalue weighted by molar-refractivity contribution is -0.122. The average molecular weight is 371 g/mol. The summed E-state index contributed by atoms with van der Waals surface area (Å²) in [5.74, 6) is -3.95. The Hall–Kier alpha value is -2.89. The van der Waals surface area contributed by atoms with Gasteiger partial charge in [-0.2, -0.15) is 0 Å². The van der Waals surface area contributed by atoms with E-state index < -0.39 is 17.6 Å². The van der Waals surface area contributed by atoms with Crippen LogP contribution in [0.15, 0.2) is 53.7 Å². The average Bonchev–Trinajstić information content (AvgIpc) is 2.63. The van der Waals surface area contributed by atoms with Crippen LogP contribution in [0.5, 0.6) is 0 Å². The summed E-state index contributed by atoms with van der Waals surface area (Å²) in [6.07, 6.45) is 0.450. The lowest BCUT2D eigenvalue weighted by Gasteiger charge is -2.34. The third-order valence-electron chi connectivity index (χ3n) is 5.23. The van der Waals surface area contributed by atoms with Crippen molar-refractivity contribution in [2.75, 3.05) is 0 Å². The van der Waals surface area contributed by atoms with Crippen LogP contribution in [0.25, 0.3) is 0 Å². The van der Waals surface area contributed by atoms with Gasteiger partial charge in [0.15, 0.2) is 17.4 Å². The number of rotatable bonds is 2. The van der Waals surface area contributed by atoms with Crippen LogP contribution in [-0.2, 0) is 9.59 Å². The number of carbonyl (C=O) groups is 2. The molecule has 2 aromatic carbocycles. The van der Waals surface area contributed by atoms with Crippen molar-refractivity contribution in [2.45, 2.75) is 31.1 Å². The van der Waals surface area contributed by atoms with Crippen molar-refractivity contribution in [3.05, 3.63) is 82.3 Å². The predicted molar refractivity (Wildman–Crippen MR) is 92.3 cm³/mol. The number of amides is 1. The number of allylic oxidation sites excluding steroid dienone is 2. The molecule has 0 radical (unpaired) electrons. The number of ketones is 1. The summed E-state index contributed by atoms with van der Waals surface area (Å²) in [6.45, 7) is 0. The van der Waals surface area contributed by atoms with E-state index in [1.165, 1.54) is 24.3 Å². The molecule has 0 bridgehead atoms. The van der Waals surface area contributed by atoms with Gasteiger partial charge in [0.1, 0.15) is 5.82 Å². The zero-order valence-corrected chi connectivity index (χ0v) is 14.3. The molecule has 0 saturated carbocycles. The number of carbonyl (C=O) groups excluding carboxylic acids is 2. The lowest BCUT2D eigenvalue weighted by atomic mass is 9.73. The second-order valence-corrected chi connectivity index (χ2v) is 6.92. The van der Waals surface area contributed by atoms with Crippen LogP contribution in [0.1, 0.15) is 42.2 Å². The third kappa shape index (κ3) is 3.16. The maximum Gasteiger partial charge on any atom is 0.225 e. The molecule has 0 saturated heterocycles. The van der Waals surface area contributed by atoms with Crippen molar-refractivity contribution in [1.82, 2.24) is 5.32 Å². The molecule has 0 fully saturated rings. The van der Waals surface area contributed by atoms with E-state index in [9.17, 15) is 22.8 Å². The summed E-state index contributed by atoms with van der Waals surface area (Å²) < 4.78 is 41.1. The van der Waals surface area contributed by atoms with Gasteiger partial charge in [-0.15, -0.1) is 0 Å². The van der Waals surface area contributed by atoms with Crippen LogP contribution < -0.4 is 5.32 Å². The SMILES string of the molecule is O=C1CC(c2cccc(F)c2F)C2=C(CC(c3ccc(F)cc3)CC2=O)N1. The van der Waals surface area contributed by atoms with E-state index in [1.807, 2.05) is 0 Å². The topological polar surface area (TPSA) is 46.2 Å². The lowest BCUT2D eigenvalue weighted by Crippen LogP contribution is -2.38. The highest BCUT2D eigenvalue weighted by Crippen LogP contribution is 2.43. The highest BCUT2D eigenvalue weighted by molar-refractivity contribution is 6.02. The van der Waals surface area contributed by atoms with Gasteiger partial charge in [0.2, 0.25) is 5.91 Å². The number of benzene rings is 2. The monoisotopic (exact) mass is 371 g/mol. The van der Waals surface area contributed by atoms with Crippen molar-refractivity contribution >= 4 is 11.7 Å². The smallest absolute Gasteiger partial charge is 0.225 e. The van der Waals surface area contributed by atoms with E-state index in [4.69, 9.17) is 0 Å². The third-order valence-corrected chi connectivity index (χ3v) is 5.23. The van der Waals surface area contributed by atoms with Gasteiger partial charge < -0.3 is 5.32 Å². The Labute approximate surface area is 153 Å². The molecule has 3 nitrogen and oxygen atoms in total. The fourth-order valence-electron chi connectivity index (χ4n) is 3.99. The van der Waals surface area contributed by atoms with E-state index >= 15 is 0 Å². The highest BCUT2D eigenvalue weighted by atomic mass is 19.2. The quantitative estimate of drug-likeness (QED) is 0.864. The minimum atomic E-state index is -1.03. The van der Waals surface area contributed by atoms with E-state index in [0.717, 1.165) is 11.6 Å². The van der Waals surface area contributed by atoms with Gasteiger partial charge in [-0.3, -0.25) is 9.59 Å². The first-order chi connectivity index (χ1) is 12.9. The Morgan fingerprint density at radius 1 is 0.889 bits per heavy atom. The van der Waals surface area contributed by atoms with E-state index in [-0.39, 0.29) is 41.8 Å². The first kappa shape index (κ1) is 17.5. The molecule has 4 rings (SSSR count). The molecule has 1 N–H and O–H groups in total. The molecule has 2 unspecified atom stereocenters. The molecular weight excluding hydrogens is 355 g/mol. The molecule has 1 aliphatic carbocycles. The molecule has 2 atom stereocenters. The van der Waals surface area contributed by atoms with Crippen molar-refractivity contribution in [1.29, 1.82) is 0 Å². The number of hydrogen-bond acceptors (Lipinski definition) is 2. The highest BCUT2D eigenvalue weighted by Gasteiger charge is 2.39. The predicted octanol–water partition coefficient (Wildman–Crippen LogP) is 4.11. The summed E-state index contributed by atoms with van der Waals surface area (Å²) in [5, 5.41) is 2.72. The van der Waals surface area contributed by atoms with Crippen molar-refractivity contribution in [3.8, 4) is 0 Å². The molecule has 1 amide bonds. The van der Waals surface area contributed by atoms with Crippen molar-refractivity contribution < 1.29 is 22.8 Å². The number of halogens is 3. The second-order valence-electron chi connectivity index (χ2n) is 6.92. The molecule has 2 aromatic rings. The minimum Gasteiger partial charge on any atom is -0.329 e. The molecule has 1 heterocycles. The van der Waals surface area contributed by atoms with Gasteiger partial charge in [0, 0.05) is 30.0 Å². The molecule has 1 aliphatic heterocycles. The molecule has 6 heteroatoms. The fourth-order valence-corrected chi connectivity index (χ4v) is 3.99. The normalized spacial score (nSPS) is 22.5. The summed E-state index contributed by atoms with van der Waals surface area (Å²) in [6, 6.07) is 9.67. The number of hydrogen-bond donors (Lipinski definition) is 1.